The van der Waals surface area contributed by atoms with Gasteiger partial charge in [-0.05, 0) is 19.8 Å². The third kappa shape index (κ3) is 4.28. The van der Waals surface area contributed by atoms with Crippen molar-refractivity contribution in [2.75, 3.05) is 32.8 Å². The highest BCUT2D eigenvalue weighted by atomic mass is 16.5. The van der Waals surface area contributed by atoms with E-state index in [9.17, 15) is 4.79 Å². The Hall–Kier alpha value is -0.610. The number of hydrogen-bond donors (Lipinski definition) is 1. The minimum Gasteiger partial charge on any atom is -0.363 e. The maximum Gasteiger partial charge on any atom is 0.248 e. The Kier molecular flexibility index (Phi) is 5.40. The zero-order valence-corrected chi connectivity index (χ0v) is 11.6. The van der Waals surface area contributed by atoms with Crippen molar-refractivity contribution in [3.8, 4) is 0 Å². The van der Waals surface area contributed by atoms with Gasteiger partial charge in [0.05, 0.1) is 5.60 Å². The van der Waals surface area contributed by atoms with E-state index < -0.39 is 0 Å². The summed E-state index contributed by atoms with van der Waals surface area (Å²) >= 11 is 0. The van der Waals surface area contributed by atoms with Gasteiger partial charge in [0, 0.05) is 26.2 Å². The number of likely N-dealkylation sites (N-methyl/N-ethyl adjacent to an activating group) is 1. The predicted octanol–water partition coefficient (Wildman–Crippen LogP) is 1.26. The first-order valence-corrected chi connectivity index (χ1v) is 6.63. The van der Waals surface area contributed by atoms with Gasteiger partial charge in [-0.1, -0.05) is 20.3 Å². The molecule has 0 aromatic heterocycles. The Morgan fingerprint density at radius 1 is 1.47 bits per heavy atom. The van der Waals surface area contributed by atoms with Gasteiger partial charge >= 0.3 is 0 Å². The largest absolute Gasteiger partial charge is 0.363 e. The molecule has 1 rings (SSSR count). The van der Waals surface area contributed by atoms with Crippen LogP contribution in [0.2, 0.25) is 0 Å². The number of carbonyl (C=O) groups is 1. The molecule has 1 heterocycles. The quantitative estimate of drug-likeness (QED) is 0.731. The van der Waals surface area contributed by atoms with Gasteiger partial charge in [0.2, 0.25) is 5.91 Å². The van der Waals surface area contributed by atoms with Gasteiger partial charge in [-0.2, -0.15) is 0 Å². The average molecular weight is 242 g/mol. The van der Waals surface area contributed by atoms with Crippen molar-refractivity contribution in [2.24, 2.45) is 5.92 Å². The Morgan fingerprint density at radius 2 is 2.12 bits per heavy atom. The molecular weight excluding hydrogens is 216 g/mol. The number of rotatable bonds is 7. The highest BCUT2D eigenvalue weighted by Crippen LogP contribution is 2.15. The normalized spacial score (nSPS) is 19.5. The van der Waals surface area contributed by atoms with Gasteiger partial charge in [0.1, 0.15) is 6.61 Å². The van der Waals surface area contributed by atoms with Crippen molar-refractivity contribution in [1.82, 2.24) is 10.2 Å². The summed E-state index contributed by atoms with van der Waals surface area (Å²) < 4.78 is 5.67. The number of nitrogens with one attached hydrogen (secondary N) is 1. The number of carbonyl (C=O) groups excluding carboxylic acids is 1. The fourth-order valence-corrected chi connectivity index (χ4v) is 1.82. The van der Waals surface area contributed by atoms with Crippen LogP contribution in [-0.4, -0.2) is 49.2 Å². The van der Waals surface area contributed by atoms with E-state index in [2.05, 4.69) is 19.2 Å². The predicted molar refractivity (Wildman–Crippen MR) is 68.9 cm³/mol. The molecule has 1 aliphatic heterocycles. The van der Waals surface area contributed by atoms with E-state index in [0.717, 1.165) is 32.6 Å². The van der Waals surface area contributed by atoms with E-state index in [4.69, 9.17) is 4.74 Å². The second kappa shape index (κ2) is 6.36. The molecule has 1 aliphatic rings. The zero-order chi connectivity index (χ0) is 12.9. The van der Waals surface area contributed by atoms with Crippen LogP contribution in [0.4, 0.5) is 0 Å². The Morgan fingerprint density at radius 3 is 2.53 bits per heavy atom. The third-order valence-electron chi connectivity index (χ3n) is 3.51. The van der Waals surface area contributed by atoms with Crippen molar-refractivity contribution in [3.05, 3.63) is 0 Å². The molecule has 100 valence electrons. The molecule has 1 N–H and O–H groups in total. The molecule has 0 radical (unpaired) electrons. The fourth-order valence-electron chi connectivity index (χ4n) is 1.82. The van der Waals surface area contributed by atoms with Gasteiger partial charge < -0.3 is 15.0 Å². The van der Waals surface area contributed by atoms with Crippen LogP contribution < -0.4 is 5.32 Å². The van der Waals surface area contributed by atoms with Gasteiger partial charge in [-0.25, -0.2) is 0 Å². The van der Waals surface area contributed by atoms with Crippen molar-refractivity contribution in [3.63, 3.8) is 0 Å². The molecule has 0 spiro atoms. The lowest BCUT2D eigenvalue weighted by Gasteiger charge is -2.39. The molecule has 0 aromatic carbocycles. The van der Waals surface area contributed by atoms with Crippen LogP contribution in [0.25, 0.3) is 0 Å². The summed E-state index contributed by atoms with van der Waals surface area (Å²) in [5.74, 6) is 0.667. The van der Waals surface area contributed by atoms with Crippen LogP contribution >= 0.6 is 0 Å². The summed E-state index contributed by atoms with van der Waals surface area (Å²) in [6.45, 7) is 11.9. The van der Waals surface area contributed by atoms with E-state index in [-0.39, 0.29) is 18.1 Å². The van der Waals surface area contributed by atoms with Crippen molar-refractivity contribution >= 4 is 5.91 Å². The lowest BCUT2D eigenvalue weighted by atomic mass is 10.0. The second-order valence-corrected chi connectivity index (χ2v) is 5.29. The Balaban J connectivity index is 2.32. The van der Waals surface area contributed by atoms with Crippen LogP contribution in [0, 0.1) is 5.92 Å². The highest BCUT2D eigenvalue weighted by Gasteiger charge is 2.33. The lowest BCUT2D eigenvalue weighted by molar-refractivity contribution is -0.146. The maximum absolute atomic E-state index is 12.0. The van der Waals surface area contributed by atoms with E-state index in [1.54, 1.807) is 0 Å². The second-order valence-electron chi connectivity index (χ2n) is 5.29. The van der Waals surface area contributed by atoms with E-state index in [0.29, 0.717) is 5.92 Å². The van der Waals surface area contributed by atoms with Crippen LogP contribution in [0.5, 0.6) is 0 Å². The molecule has 1 unspecified atom stereocenters. The lowest BCUT2D eigenvalue weighted by Crippen LogP contribution is -2.59. The molecule has 0 aromatic rings. The number of hydrogen-bond acceptors (Lipinski definition) is 3. The van der Waals surface area contributed by atoms with Gasteiger partial charge in [0.25, 0.3) is 0 Å². The van der Waals surface area contributed by atoms with Crippen molar-refractivity contribution < 1.29 is 9.53 Å². The molecule has 17 heavy (non-hydrogen) atoms. The molecule has 1 atom stereocenters. The molecule has 4 heteroatoms. The number of ether oxygens (including phenoxy) is 1. The van der Waals surface area contributed by atoms with Gasteiger partial charge in [-0.15, -0.1) is 0 Å². The van der Waals surface area contributed by atoms with Crippen LogP contribution in [0.15, 0.2) is 0 Å². The topological polar surface area (TPSA) is 41.6 Å². The molecular formula is C13H26N2O2. The first kappa shape index (κ1) is 14.5. The maximum atomic E-state index is 12.0. The third-order valence-corrected chi connectivity index (χ3v) is 3.51. The highest BCUT2D eigenvalue weighted by molar-refractivity contribution is 5.77. The smallest absolute Gasteiger partial charge is 0.248 e. The summed E-state index contributed by atoms with van der Waals surface area (Å²) in [4.78, 5) is 13.9. The van der Waals surface area contributed by atoms with Gasteiger partial charge in [-0.3, -0.25) is 4.79 Å². The average Bonchev–Trinajstić information content (AvgIpc) is 2.30. The van der Waals surface area contributed by atoms with Crippen LogP contribution in [0.1, 0.15) is 34.1 Å². The molecule has 1 saturated heterocycles. The molecule has 1 fully saturated rings. The Bertz CT molecular complexity index is 252. The minimum atomic E-state index is -0.133. The van der Waals surface area contributed by atoms with Crippen LogP contribution in [-0.2, 0) is 9.53 Å². The number of amides is 1. The van der Waals surface area contributed by atoms with E-state index >= 15 is 0 Å². The molecule has 0 saturated carbocycles. The monoisotopic (exact) mass is 242 g/mol. The SMILES string of the molecule is CCC(C)CN(CC)C(=O)COC1(C)CNC1. The summed E-state index contributed by atoms with van der Waals surface area (Å²) in [5.41, 5.74) is -0.133. The summed E-state index contributed by atoms with van der Waals surface area (Å²) in [5, 5.41) is 3.16. The summed E-state index contributed by atoms with van der Waals surface area (Å²) in [6.07, 6.45) is 1.10. The minimum absolute atomic E-state index is 0.112. The van der Waals surface area contributed by atoms with Gasteiger partial charge in [0.15, 0.2) is 0 Å². The standard InChI is InChI=1S/C13H26N2O2/c1-5-11(3)7-15(6-2)12(16)8-17-13(4)9-14-10-13/h11,14H,5-10H2,1-4H3. The van der Waals surface area contributed by atoms with E-state index in [1.165, 1.54) is 0 Å². The number of nitrogens with zero attached hydrogens (tertiary/aromatic N) is 1. The van der Waals surface area contributed by atoms with Crippen molar-refractivity contribution in [2.45, 2.75) is 39.7 Å². The zero-order valence-electron chi connectivity index (χ0n) is 11.6. The summed E-state index contributed by atoms with van der Waals surface area (Å²) in [6, 6.07) is 0. The first-order chi connectivity index (χ1) is 8.00. The first-order valence-electron chi connectivity index (χ1n) is 6.63. The van der Waals surface area contributed by atoms with Crippen LogP contribution in [0.3, 0.4) is 0 Å². The molecule has 0 bridgehead atoms. The summed E-state index contributed by atoms with van der Waals surface area (Å²) in [7, 11) is 0. The molecule has 4 nitrogen and oxygen atoms in total. The fraction of sp³-hybridized carbons (Fsp3) is 0.923. The molecule has 0 aliphatic carbocycles. The van der Waals surface area contributed by atoms with Crippen molar-refractivity contribution in [1.29, 1.82) is 0 Å². The molecule has 1 amide bonds. The Labute approximate surface area is 105 Å². The van der Waals surface area contributed by atoms with E-state index in [1.807, 2.05) is 18.7 Å².